The highest BCUT2D eigenvalue weighted by molar-refractivity contribution is 7.88. The second-order valence-electron chi connectivity index (χ2n) is 7.01. The second-order valence-corrected chi connectivity index (χ2v) is 9.00. The average molecular weight is 316 g/mol. The molecule has 2 heterocycles. The Morgan fingerprint density at radius 2 is 1.81 bits per heavy atom. The van der Waals surface area contributed by atoms with E-state index in [1.54, 1.807) is 4.31 Å². The topological polar surface area (TPSA) is 58.6 Å². The first-order chi connectivity index (χ1) is 9.97. The van der Waals surface area contributed by atoms with Gasteiger partial charge < -0.3 is 10.1 Å². The molecule has 21 heavy (non-hydrogen) atoms. The van der Waals surface area contributed by atoms with Gasteiger partial charge in [0.05, 0.1) is 18.0 Å². The zero-order chi connectivity index (χ0) is 14.9. The molecule has 1 spiro atoms. The molecule has 122 valence electrons. The van der Waals surface area contributed by atoms with Crippen LogP contribution < -0.4 is 5.32 Å². The Bertz CT molecular complexity index is 452. The van der Waals surface area contributed by atoms with E-state index in [2.05, 4.69) is 5.32 Å². The van der Waals surface area contributed by atoms with Gasteiger partial charge in [-0.2, -0.15) is 0 Å². The molecule has 2 saturated heterocycles. The Hall–Kier alpha value is -0.170. The number of hydrogen-bond donors (Lipinski definition) is 1. The van der Waals surface area contributed by atoms with E-state index in [9.17, 15) is 8.42 Å². The molecule has 3 fully saturated rings. The standard InChI is InChI=1S/C15H28N2O3S/c1-21(18,19)17-10-5-13(6-11-17)16-12-14-4-9-15(20-14)7-2-3-8-15/h13-14,16H,2-12H2,1H3. The highest BCUT2D eigenvalue weighted by atomic mass is 32.2. The lowest BCUT2D eigenvalue weighted by atomic mass is 9.98. The van der Waals surface area contributed by atoms with Crippen LogP contribution in [0.5, 0.6) is 0 Å². The second kappa shape index (κ2) is 6.14. The highest BCUT2D eigenvalue weighted by Gasteiger charge is 2.42. The van der Waals surface area contributed by atoms with Crippen molar-refractivity contribution in [1.82, 2.24) is 9.62 Å². The molecule has 3 aliphatic rings. The van der Waals surface area contributed by atoms with E-state index in [-0.39, 0.29) is 5.60 Å². The zero-order valence-electron chi connectivity index (χ0n) is 13.0. The molecule has 0 radical (unpaired) electrons. The number of piperidine rings is 1. The van der Waals surface area contributed by atoms with Gasteiger partial charge in [0.15, 0.2) is 0 Å². The monoisotopic (exact) mass is 316 g/mol. The molecule has 0 aromatic rings. The number of rotatable bonds is 4. The van der Waals surface area contributed by atoms with Gasteiger partial charge in [-0.05, 0) is 38.5 Å². The van der Waals surface area contributed by atoms with Gasteiger partial charge in [0.2, 0.25) is 10.0 Å². The van der Waals surface area contributed by atoms with Gasteiger partial charge in [0, 0.05) is 25.7 Å². The van der Waals surface area contributed by atoms with Gasteiger partial charge in [-0.1, -0.05) is 12.8 Å². The van der Waals surface area contributed by atoms with Crippen molar-refractivity contribution in [2.75, 3.05) is 25.9 Å². The van der Waals surface area contributed by atoms with E-state index in [0.717, 1.165) is 19.4 Å². The summed E-state index contributed by atoms with van der Waals surface area (Å²) in [6.07, 6.45) is 11.0. The van der Waals surface area contributed by atoms with Crippen molar-refractivity contribution in [2.24, 2.45) is 0 Å². The fourth-order valence-corrected chi connectivity index (χ4v) is 4.99. The molecule has 1 aliphatic carbocycles. The van der Waals surface area contributed by atoms with E-state index < -0.39 is 10.0 Å². The predicted molar refractivity (Wildman–Crippen MR) is 82.7 cm³/mol. The molecule has 0 aromatic carbocycles. The molecule has 1 saturated carbocycles. The van der Waals surface area contributed by atoms with Gasteiger partial charge in [-0.25, -0.2) is 12.7 Å². The number of sulfonamides is 1. The van der Waals surface area contributed by atoms with Gasteiger partial charge in [-0.3, -0.25) is 0 Å². The van der Waals surface area contributed by atoms with Crippen molar-refractivity contribution in [2.45, 2.75) is 69.1 Å². The van der Waals surface area contributed by atoms with Crippen LogP contribution in [0.15, 0.2) is 0 Å². The fraction of sp³-hybridized carbons (Fsp3) is 1.00. The van der Waals surface area contributed by atoms with Crippen LogP contribution in [0.4, 0.5) is 0 Å². The van der Waals surface area contributed by atoms with Crippen molar-refractivity contribution >= 4 is 10.0 Å². The number of nitrogens with one attached hydrogen (secondary N) is 1. The molecular formula is C15H28N2O3S. The van der Waals surface area contributed by atoms with Crippen molar-refractivity contribution in [3.05, 3.63) is 0 Å². The van der Waals surface area contributed by atoms with Gasteiger partial charge >= 0.3 is 0 Å². The maximum absolute atomic E-state index is 11.5. The van der Waals surface area contributed by atoms with Crippen LogP contribution in [-0.2, 0) is 14.8 Å². The third-order valence-electron chi connectivity index (χ3n) is 5.41. The number of hydrogen-bond acceptors (Lipinski definition) is 4. The van der Waals surface area contributed by atoms with Crippen molar-refractivity contribution in [1.29, 1.82) is 0 Å². The van der Waals surface area contributed by atoms with Gasteiger partial charge in [-0.15, -0.1) is 0 Å². The molecule has 1 unspecified atom stereocenters. The summed E-state index contributed by atoms with van der Waals surface area (Å²) in [6, 6.07) is 0.437. The maximum atomic E-state index is 11.5. The number of nitrogens with zero attached hydrogens (tertiary/aromatic N) is 1. The molecule has 0 bridgehead atoms. The van der Waals surface area contributed by atoms with E-state index in [4.69, 9.17) is 4.74 Å². The summed E-state index contributed by atoms with van der Waals surface area (Å²) in [5.74, 6) is 0. The Morgan fingerprint density at radius 1 is 1.14 bits per heavy atom. The lowest BCUT2D eigenvalue weighted by molar-refractivity contribution is -0.0362. The SMILES string of the molecule is CS(=O)(=O)N1CCC(NCC2CCC3(CCCC3)O2)CC1. The van der Waals surface area contributed by atoms with E-state index in [1.807, 2.05) is 0 Å². The molecule has 0 amide bonds. The Morgan fingerprint density at radius 3 is 2.43 bits per heavy atom. The molecule has 1 atom stereocenters. The minimum atomic E-state index is -3.01. The summed E-state index contributed by atoms with van der Waals surface area (Å²) in [4.78, 5) is 0. The van der Waals surface area contributed by atoms with Crippen LogP contribution in [0.1, 0.15) is 51.4 Å². The molecule has 1 N–H and O–H groups in total. The minimum absolute atomic E-state index is 0.214. The molecule has 5 nitrogen and oxygen atoms in total. The summed E-state index contributed by atoms with van der Waals surface area (Å²) in [5.41, 5.74) is 0.214. The smallest absolute Gasteiger partial charge is 0.211 e. The van der Waals surface area contributed by atoms with Gasteiger partial charge in [0.25, 0.3) is 0 Å². The Labute approximate surface area is 128 Å². The highest BCUT2D eigenvalue weighted by Crippen LogP contribution is 2.43. The lowest BCUT2D eigenvalue weighted by Gasteiger charge is -2.31. The normalized spacial score (nSPS) is 31.2. The van der Waals surface area contributed by atoms with Crippen molar-refractivity contribution < 1.29 is 13.2 Å². The molecular weight excluding hydrogens is 288 g/mol. The maximum Gasteiger partial charge on any atom is 0.211 e. The van der Waals surface area contributed by atoms with Crippen LogP contribution in [0.3, 0.4) is 0 Å². The summed E-state index contributed by atoms with van der Waals surface area (Å²) >= 11 is 0. The predicted octanol–water partition coefficient (Wildman–Crippen LogP) is 1.49. The van der Waals surface area contributed by atoms with Crippen LogP contribution >= 0.6 is 0 Å². The molecule has 0 aromatic heterocycles. The third kappa shape index (κ3) is 3.78. The van der Waals surface area contributed by atoms with Crippen LogP contribution in [0.25, 0.3) is 0 Å². The molecule has 2 aliphatic heterocycles. The van der Waals surface area contributed by atoms with E-state index >= 15 is 0 Å². The first-order valence-corrected chi connectivity index (χ1v) is 10.2. The Kier molecular flexibility index (Phi) is 4.60. The quantitative estimate of drug-likeness (QED) is 0.854. The van der Waals surface area contributed by atoms with Gasteiger partial charge in [0.1, 0.15) is 0 Å². The zero-order valence-corrected chi connectivity index (χ0v) is 13.8. The third-order valence-corrected chi connectivity index (χ3v) is 6.71. The fourth-order valence-electron chi connectivity index (χ4n) is 4.12. The molecule has 6 heteroatoms. The van der Waals surface area contributed by atoms with Crippen LogP contribution in [0.2, 0.25) is 0 Å². The minimum Gasteiger partial charge on any atom is -0.370 e. The molecule has 3 rings (SSSR count). The first kappa shape index (κ1) is 15.7. The Balaban J connectivity index is 1.39. The van der Waals surface area contributed by atoms with E-state index in [0.29, 0.717) is 25.2 Å². The van der Waals surface area contributed by atoms with E-state index in [1.165, 1.54) is 44.8 Å². The summed E-state index contributed by atoms with van der Waals surface area (Å²) < 4.78 is 30.9. The van der Waals surface area contributed by atoms with Crippen LogP contribution in [0, 0.1) is 0 Å². The van der Waals surface area contributed by atoms with Crippen molar-refractivity contribution in [3.63, 3.8) is 0 Å². The summed E-state index contributed by atoms with van der Waals surface area (Å²) in [7, 11) is -3.01. The summed E-state index contributed by atoms with van der Waals surface area (Å²) in [6.45, 7) is 2.21. The van der Waals surface area contributed by atoms with Crippen LogP contribution in [-0.4, -0.2) is 56.4 Å². The summed E-state index contributed by atoms with van der Waals surface area (Å²) in [5, 5.41) is 3.60. The lowest BCUT2D eigenvalue weighted by Crippen LogP contribution is -2.46. The van der Waals surface area contributed by atoms with Crippen molar-refractivity contribution in [3.8, 4) is 0 Å². The average Bonchev–Trinajstić information content (AvgIpc) is 3.07. The first-order valence-electron chi connectivity index (χ1n) is 8.33. The number of ether oxygens (including phenoxy) is 1. The largest absolute Gasteiger partial charge is 0.370 e.